The van der Waals surface area contributed by atoms with Crippen LogP contribution >= 0.6 is 15.9 Å². The Morgan fingerprint density at radius 2 is 2.16 bits per heavy atom. The van der Waals surface area contributed by atoms with Crippen LogP contribution < -0.4 is 14.8 Å². The Kier molecular flexibility index (Phi) is 4.14. The Morgan fingerprint density at radius 1 is 1.28 bits per heavy atom. The third-order valence-corrected chi connectivity index (χ3v) is 4.44. The summed E-state index contributed by atoms with van der Waals surface area (Å²) >= 11 is 3.16. The third kappa shape index (κ3) is 2.98. The summed E-state index contributed by atoms with van der Waals surface area (Å²) in [6.45, 7) is 0.131. The molecule has 1 atom stereocenters. The molecule has 0 saturated heterocycles. The first kappa shape index (κ1) is 16.0. The van der Waals surface area contributed by atoms with E-state index in [9.17, 15) is 9.50 Å². The maximum absolute atomic E-state index is 14.2. The van der Waals surface area contributed by atoms with Crippen molar-refractivity contribution in [3.63, 3.8) is 0 Å². The molecule has 0 amide bonds. The van der Waals surface area contributed by atoms with Crippen molar-refractivity contribution in [1.82, 2.24) is 9.97 Å². The molecule has 1 aliphatic rings. The number of rotatable bonds is 3. The van der Waals surface area contributed by atoms with Crippen molar-refractivity contribution in [3.8, 4) is 11.5 Å². The fourth-order valence-corrected chi connectivity index (χ4v) is 2.95. The van der Waals surface area contributed by atoms with E-state index in [1.807, 2.05) is 0 Å². The number of aliphatic hydroxyl groups is 1. The van der Waals surface area contributed by atoms with Crippen LogP contribution in [0.1, 0.15) is 0 Å². The van der Waals surface area contributed by atoms with Crippen LogP contribution in [0.4, 0.5) is 15.9 Å². The number of nitrogens with zero attached hydrogens (tertiary/aromatic N) is 2. The summed E-state index contributed by atoms with van der Waals surface area (Å²) in [7, 11) is 0. The molecule has 2 N–H and O–H groups in total. The molecule has 128 valence electrons. The van der Waals surface area contributed by atoms with E-state index in [1.54, 1.807) is 30.3 Å². The summed E-state index contributed by atoms with van der Waals surface area (Å²) in [5.74, 6) is 1.08. The maximum Gasteiger partial charge on any atom is 0.163 e. The monoisotopic (exact) mass is 405 g/mol. The smallest absolute Gasteiger partial charge is 0.163 e. The van der Waals surface area contributed by atoms with E-state index in [0.717, 1.165) is 0 Å². The Balaban J connectivity index is 1.78. The molecule has 8 heteroatoms. The van der Waals surface area contributed by atoms with Gasteiger partial charge in [-0.25, -0.2) is 14.4 Å². The number of halogens is 2. The second-order valence-corrected chi connectivity index (χ2v) is 6.35. The lowest BCUT2D eigenvalue weighted by Crippen LogP contribution is -2.32. The zero-order valence-electron chi connectivity index (χ0n) is 12.9. The van der Waals surface area contributed by atoms with Gasteiger partial charge < -0.3 is 19.9 Å². The van der Waals surface area contributed by atoms with E-state index >= 15 is 0 Å². The quantitative estimate of drug-likeness (QED) is 0.695. The molecule has 3 aromatic rings. The average Bonchev–Trinajstić information content (AvgIpc) is 2.63. The second-order valence-electron chi connectivity index (χ2n) is 5.50. The van der Waals surface area contributed by atoms with Crippen molar-refractivity contribution in [2.45, 2.75) is 6.10 Å². The molecular weight excluding hydrogens is 393 g/mol. The lowest BCUT2D eigenvalue weighted by molar-refractivity contribution is 0.0459. The fraction of sp³-hybridized carbons (Fsp3) is 0.176. The summed E-state index contributed by atoms with van der Waals surface area (Å²) in [5.41, 5.74) is 0.926. The van der Waals surface area contributed by atoms with Gasteiger partial charge >= 0.3 is 0 Å². The van der Waals surface area contributed by atoms with Gasteiger partial charge in [0.25, 0.3) is 0 Å². The molecule has 1 aliphatic heterocycles. The molecule has 0 spiro atoms. The molecule has 25 heavy (non-hydrogen) atoms. The molecule has 0 unspecified atom stereocenters. The fourth-order valence-electron chi connectivity index (χ4n) is 2.58. The second kappa shape index (κ2) is 6.45. The topological polar surface area (TPSA) is 76.5 Å². The summed E-state index contributed by atoms with van der Waals surface area (Å²) in [5, 5.41) is 12.9. The molecule has 2 heterocycles. The highest BCUT2D eigenvalue weighted by atomic mass is 79.9. The molecule has 0 saturated carbocycles. The molecule has 0 bridgehead atoms. The van der Waals surface area contributed by atoms with Crippen molar-refractivity contribution in [2.24, 2.45) is 0 Å². The van der Waals surface area contributed by atoms with Gasteiger partial charge in [0.2, 0.25) is 0 Å². The molecule has 4 rings (SSSR count). The van der Waals surface area contributed by atoms with Crippen LogP contribution in [0.25, 0.3) is 10.9 Å². The number of hydrogen-bond acceptors (Lipinski definition) is 6. The average molecular weight is 406 g/mol. The van der Waals surface area contributed by atoms with E-state index in [4.69, 9.17) is 9.47 Å². The van der Waals surface area contributed by atoms with E-state index in [0.29, 0.717) is 32.7 Å². The van der Waals surface area contributed by atoms with Crippen LogP contribution in [0, 0.1) is 5.82 Å². The standard InChI is InChI=1S/C17H13BrFN3O3/c18-11-2-1-3-12(16(11)19)22-17-10-4-15-14(5-13(10)20-8-21-17)24-7-9(6-23)25-15/h1-5,8-9,23H,6-7H2,(H,20,21,22)/t9-/m0/s1. The van der Waals surface area contributed by atoms with Crippen molar-refractivity contribution >= 4 is 38.3 Å². The van der Waals surface area contributed by atoms with Crippen molar-refractivity contribution in [1.29, 1.82) is 0 Å². The van der Waals surface area contributed by atoms with Gasteiger partial charge in [0.15, 0.2) is 23.4 Å². The lowest BCUT2D eigenvalue weighted by atomic mass is 10.2. The number of anilines is 2. The first-order chi connectivity index (χ1) is 12.2. The highest BCUT2D eigenvalue weighted by molar-refractivity contribution is 9.10. The molecule has 2 aromatic carbocycles. The van der Waals surface area contributed by atoms with Crippen LogP contribution in [-0.2, 0) is 0 Å². The number of benzene rings is 2. The van der Waals surface area contributed by atoms with Crippen LogP contribution in [-0.4, -0.2) is 34.4 Å². The zero-order chi connectivity index (χ0) is 17.4. The SMILES string of the molecule is OC[C@H]1COc2cc3ncnc(Nc4cccc(Br)c4F)c3cc2O1. The highest BCUT2D eigenvalue weighted by Gasteiger charge is 2.22. The van der Waals surface area contributed by atoms with E-state index in [2.05, 4.69) is 31.2 Å². The molecule has 0 fully saturated rings. The number of nitrogens with one attached hydrogen (secondary N) is 1. The Morgan fingerprint density at radius 3 is 3.00 bits per heavy atom. The van der Waals surface area contributed by atoms with Crippen molar-refractivity contribution in [3.05, 3.63) is 46.9 Å². The molecule has 1 aromatic heterocycles. The summed E-state index contributed by atoms with van der Waals surface area (Å²) < 4.78 is 25.9. The predicted octanol–water partition coefficient (Wildman–Crippen LogP) is 3.41. The maximum atomic E-state index is 14.2. The van der Waals surface area contributed by atoms with Gasteiger partial charge in [0.1, 0.15) is 18.8 Å². The number of ether oxygens (including phenoxy) is 2. The highest BCUT2D eigenvalue weighted by Crippen LogP contribution is 2.37. The van der Waals surface area contributed by atoms with Crippen LogP contribution in [0.3, 0.4) is 0 Å². The molecule has 0 radical (unpaired) electrons. The Hall–Kier alpha value is -2.45. The van der Waals surface area contributed by atoms with Crippen LogP contribution in [0.15, 0.2) is 41.1 Å². The molecular formula is C17H13BrFN3O3. The van der Waals surface area contributed by atoms with Crippen LogP contribution in [0.5, 0.6) is 11.5 Å². The molecule has 0 aliphatic carbocycles. The zero-order valence-corrected chi connectivity index (χ0v) is 14.5. The minimum absolute atomic E-state index is 0.142. The van der Waals surface area contributed by atoms with Crippen molar-refractivity contribution in [2.75, 3.05) is 18.5 Å². The van der Waals surface area contributed by atoms with Gasteiger partial charge in [-0.3, -0.25) is 0 Å². The minimum atomic E-state index is -0.423. The van der Waals surface area contributed by atoms with Crippen molar-refractivity contribution < 1.29 is 19.0 Å². The first-order valence-electron chi connectivity index (χ1n) is 7.56. The number of fused-ring (bicyclic) bond motifs is 2. The van der Waals surface area contributed by atoms with E-state index in [1.165, 1.54) is 6.33 Å². The van der Waals surface area contributed by atoms with Gasteiger partial charge in [-0.15, -0.1) is 0 Å². The number of aromatic nitrogens is 2. The number of aliphatic hydroxyl groups excluding tert-OH is 1. The van der Waals surface area contributed by atoms with Gasteiger partial charge in [0.05, 0.1) is 22.3 Å². The van der Waals surface area contributed by atoms with E-state index < -0.39 is 11.9 Å². The minimum Gasteiger partial charge on any atom is -0.486 e. The predicted molar refractivity (Wildman–Crippen MR) is 93.9 cm³/mol. The van der Waals surface area contributed by atoms with E-state index in [-0.39, 0.29) is 18.9 Å². The normalized spacial score (nSPS) is 16.0. The summed E-state index contributed by atoms with van der Waals surface area (Å²) in [6.07, 6.45) is 0.973. The first-order valence-corrected chi connectivity index (χ1v) is 8.35. The molecule has 6 nitrogen and oxygen atoms in total. The largest absolute Gasteiger partial charge is 0.486 e. The lowest BCUT2D eigenvalue weighted by Gasteiger charge is -2.25. The van der Waals surface area contributed by atoms with Gasteiger partial charge in [-0.2, -0.15) is 0 Å². The van der Waals surface area contributed by atoms with Gasteiger partial charge in [0, 0.05) is 11.5 Å². The summed E-state index contributed by atoms with van der Waals surface area (Å²) in [6, 6.07) is 8.43. The third-order valence-electron chi connectivity index (χ3n) is 3.83. The van der Waals surface area contributed by atoms with Gasteiger partial charge in [-0.1, -0.05) is 6.07 Å². The summed E-state index contributed by atoms with van der Waals surface area (Å²) in [4.78, 5) is 8.44. The number of hydrogen-bond donors (Lipinski definition) is 2. The van der Waals surface area contributed by atoms with Crippen LogP contribution in [0.2, 0.25) is 0 Å². The Bertz CT molecular complexity index is 954. The Labute approximate surface area is 150 Å². The van der Waals surface area contributed by atoms with Gasteiger partial charge in [-0.05, 0) is 34.1 Å².